The minimum absolute atomic E-state index is 0.0524. The fourth-order valence-corrected chi connectivity index (χ4v) is 3.27. The van der Waals surface area contributed by atoms with Gasteiger partial charge in [0, 0.05) is 36.3 Å². The van der Waals surface area contributed by atoms with E-state index in [4.69, 9.17) is 21.8 Å². The summed E-state index contributed by atoms with van der Waals surface area (Å²) < 4.78 is 12.3. The van der Waals surface area contributed by atoms with Crippen LogP contribution in [0.5, 0.6) is 0 Å². The quantitative estimate of drug-likeness (QED) is 0.348. The molecule has 0 radical (unpaired) electrons. The van der Waals surface area contributed by atoms with E-state index in [2.05, 4.69) is 5.32 Å². The van der Waals surface area contributed by atoms with Crippen molar-refractivity contribution >= 4 is 40.7 Å². The van der Waals surface area contributed by atoms with E-state index in [0.717, 1.165) is 11.4 Å². The molecule has 0 aliphatic rings. The highest BCUT2D eigenvalue weighted by molar-refractivity contribution is 7.91. The fraction of sp³-hybridized carbons (Fsp3) is 0.450. The van der Waals surface area contributed by atoms with Crippen LogP contribution in [-0.4, -0.2) is 88.1 Å². The number of urea groups is 1. The fourth-order valence-electron chi connectivity index (χ4n) is 2.11. The van der Waals surface area contributed by atoms with Gasteiger partial charge in [0.2, 0.25) is 0 Å². The van der Waals surface area contributed by atoms with Crippen molar-refractivity contribution in [2.24, 2.45) is 0 Å². The predicted octanol–water partition coefficient (Wildman–Crippen LogP) is 2.14. The number of rotatable bonds is 10. The average Bonchev–Trinajstić information content (AvgIpc) is 2.67. The molecule has 0 saturated heterocycles. The minimum Gasteiger partial charge on any atom is -0.611 e. The molecule has 0 saturated carbocycles. The van der Waals surface area contributed by atoms with Crippen LogP contribution < -0.4 is 5.32 Å². The molecule has 1 unspecified atom stereocenters. The smallest absolute Gasteiger partial charge is 0.328 e. The first-order chi connectivity index (χ1) is 14.4. The minimum atomic E-state index is -1.26. The SMILES string of the molecule is CC(C)N(CC[S+]([O-])c1ccc(Cl)cc1)C(=O)NCCN(C)C.O=C(O)/C=C/C(=O)O. The number of hydrogen-bond donors (Lipinski definition) is 3. The van der Waals surface area contributed by atoms with Crippen molar-refractivity contribution in [3.05, 3.63) is 41.4 Å². The van der Waals surface area contributed by atoms with Gasteiger partial charge in [-0.05, 0) is 63.4 Å². The Bertz CT molecular complexity index is 712. The number of nitrogens with one attached hydrogen (secondary N) is 1. The van der Waals surface area contributed by atoms with Crippen LogP contribution in [-0.2, 0) is 20.8 Å². The number of carboxylic acid groups (broad SMARTS) is 2. The second kappa shape index (κ2) is 15.5. The van der Waals surface area contributed by atoms with Crippen LogP contribution in [0.1, 0.15) is 13.8 Å². The molecule has 174 valence electrons. The molecular formula is C20H30ClN3O6S. The van der Waals surface area contributed by atoms with Crippen molar-refractivity contribution in [2.75, 3.05) is 39.5 Å². The van der Waals surface area contributed by atoms with Crippen LogP contribution in [0.4, 0.5) is 4.79 Å². The van der Waals surface area contributed by atoms with Gasteiger partial charge in [-0.25, -0.2) is 14.4 Å². The van der Waals surface area contributed by atoms with Gasteiger partial charge in [-0.15, -0.1) is 0 Å². The summed E-state index contributed by atoms with van der Waals surface area (Å²) in [7, 11) is 3.92. The maximum atomic E-state index is 12.3. The van der Waals surface area contributed by atoms with Gasteiger partial charge in [0.05, 0.1) is 6.54 Å². The number of nitrogens with zero attached hydrogens (tertiary/aromatic N) is 2. The van der Waals surface area contributed by atoms with Crippen molar-refractivity contribution in [1.82, 2.24) is 15.1 Å². The number of amides is 2. The number of carbonyl (C=O) groups is 3. The van der Waals surface area contributed by atoms with E-state index < -0.39 is 23.1 Å². The Morgan fingerprint density at radius 3 is 2.03 bits per heavy atom. The first-order valence-corrected chi connectivity index (χ1v) is 11.1. The Labute approximate surface area is 190 Å². The Morgan fingerprint density at radius 2 is 1.61 bits per heavy atom. The second-order valence-electron chi connectivity index (χ2n) is 6.84. The van der Waals surface area contributed by atoms with Gasteiger partial charge in [-0.1, -0.05) is 11.6 Å². The van der Waals surface area contributed by atoms with E-state index in [1.807, 2.05) is 32.8 Å². The predicted molar refractivity (Wildman–Crippen MR) is 121 cm³/mol. The van der Waals surface area contributed by atoms with Crippen LogP contribution in [0.3, 0.4) is 0 Å². The molecule has 1 aromatic carbocycles. The third kappa shape index (κ3) is 14.4. The summed E-state index contributed by atoms with van der Waals surface area (Å²) in [6.45, 7) is 5.73. The molecule has 0 bridgehead atoms. The number of hydrogen-bond acceptors (Lipinski definition) is 5. The third-order valence-corrected chi connectivity index (χ3v) is 5.29. The highest BCUT2D eigenvalue weighted by atomic mass is 35.5. The number of likely N-dealkylation sites (N-methyl/N-ethyl adjacent to an activating group) is 1. The van der Waals surface area contributed by atoms with Crippen molar-refractivity contribution in [1.29, 1.82) is 0 Å². The van der Waals surface area contributed by atoms with Crippen molar-refractivity contribution in [2.45, 2.75) is 24.8 Å². The highest BCUT2D eigenvalue weighted by Gasteiger charge is 2.20. The lowest BCUT2D eigenvalue weighted by atomic mass is 10.3. The molecule has 1 aromatic rings. The van der Waals surface area contributed by atoms with Crippen LogP contribution in [0.15, 0.2) is 41.3 Å². The van der Waals surface area contributed by atoms with Gasteiger partial charge >= 0.3 is 18.0 Å². The van der Waals surface area contributed by atoms with Crippen molar-refractivity contribution in [3.8, 4) is 0 Å². The number of halogens is 1. The molecule has 11 heteroatoms. The van der Waals surface area contributed by atoms with Crippen LogP contribution >= 0.6 is 11.6 Å². The van der Waals surface area contributed by atoms with E-state index in [1.165, 1.54) is 0 Å². The van der Waals surface area contributed by atoms with Crippen LogP contribution in [0.2, 0.25) is 5.02 Å². The van der Waals surface area contributed by atoms with Gasteiger partial charge in [0.1, 0.15) is 5.75 Å². The van der Waals surface area contributed by atoms with Gasteiger partial charge in [-0.3, -0.25) is 0 Å². The Morgan fingerprint density at radius 1 is 1.10 bits per heavy atom. The molecule has 1 atom stereocenters. The maximum absolute atomic E-state index is 12.3. The molecular weight excluding hydrogens is 446 g/mol. The molecule has 31 heavy (non-hydrogen) atoms. The summed E-state index contributed by atoms with van der Waals surface area (Å²) in [4.78, 5) is 35.8. The van der Waals surface area contributed by atoms with Gasteiger partial charge < -0.3 is 29.9 Å². The van der Waals surface area contributed by atoms with E-state index >= 15 is 0 Å². The zero-order valence-corrected chi connectivity index (χ0v) is 19.7. The molecule has 0 spiro atoms. The Balaban J connectivity index is 0.000000954. The molecule has 0 fully saturated rings. The molecule has 1 rings (SSSR count). The van der Waals surface area contributed by atoms with Gasteiger partial charge in [-0.2, -0.15) is 0 Å². The zero-order valence-electron chi connectivity index (χ0n) is 18.1. The van der Waals surface area contributed by atoms with E-state index in [-0.39, 0.29) is 12.1 Å². The summed E-state index contributed by atoms with van der Waals surface area (Å²) in [5, 5.41) is 19.1. The maximum Gasteiger partial charge on any atom is 0.328 e. The summed E-state index contributed by atoms with van der Waals surface area (Å²) >= 11 is 4.69. The Hall–Kier alpha value is -2.27. The molecule has 3 N–H and O–H groups in total. The van der Waals surface area contributed by atoms with Crippen molar-refractivity contribution in [3.63, 3.8) is 0 Å². The van der Waals surface area contributed by atoms with Crippen molar-refractivity contribution < 1.29 is 29.1 Å². The molecule has 0 aliphatic carbocycles. The first kappa shape index (κ1) is 28.7. The van der Waals surface area contributed by atoms with Crippen LogP contribution in [0.25, 0.3) is 0 Å². The lowest BCUT2D eigenvalue weighted by Gasteiger charge is -2.27. The summed E-state index contributed by atoms with van der Waals surface area (Å²) in [5.41, 5.74) is 0. The molecule has 9 nitrogen and oxygen atoms in total. The van der Waals surface area contributed by atoms with Crippen LogP contribution in [0, 0.1) is 0 Å². The van der Waals surface area contributed by atoms with E-state index in [1.54, 1.807) is 29.2 Å². The van der Waals surface area contributed by atoms with Gasteiger partial charge in [0.25, 0.3) is 0 Å². The van der Waals surface area contributed by atoms with E-state index in [9.17, 15) is 18.9 Å². The number of benzene rings is 1. The topological polar surface area (TPSA) is 133 Å². The average molecular weight is 476 g/mol. The lowest BCUT2D eigenvalue weighted by molar-refractivity contribution is -0.134. The molecule has 0 aliphatic heterocycles. The summed E-state index contributed by atoms with van der Waals surface area (Å²) in [5.74, 6) is -2.11. The molecule has 0 aromatic heterocycles. The largest absolute Gasteiger partial charge is 0.611 e. The number of carboxylic acids is 2. The number of carbonyl (C=O) groups excluding carboxylic acids is 1. The lowest BCUT2D eigenvalue weighted by Crippen LogP contribution is -2.47. The normalized spacial score (nSPS) is 11.7. The number of aliphatic carboxylic acids is 2. The molecule has 0 heterocycles. The second-order valence-corrected chi connectivity index (χ2v) is 8.84. The Kier molecular flexibility index (Phi) is 14.4. The summed E-state index contributed by atoms with van der Waals surface area (Å²) in [6, 6.07) is 6.91. The van der Waals surface area contributed by atoms with Gasteiger partial charge in [0.15, 0.2) is 4.90 Å². The zero-order chi connectivity index (χ0) is 24.0. The summed E-state index contributed by atoms with van der Waals surface area (Å²) in [6.07, 6.45) is 1.12. The third-order valence-electron chi connectivity index (χ3n) is 3.68. The monoisotopic (exact) mass is 475 g/mol. The highest BCUT2D eigenvalue weighted by Crippen LogP contribution is 2.16. The standard InChI is InChI=1S/C16H26ClN3O2S.C4H4O4/c1-13(2)20(16(21)18-9-10-19(3)4)11-12-23(22)15-7-5-14(17)6-8-15;5-3(6)1-2-4(7)8/h5-8,13H,9-12H2,1-4H3,(H,18,21);1-2H,(H,5,6)(H,7,8)/b;2-1+. The van der Waals surface area contributed by atoms with E-state index in [0.29, 0.717) is 36.0 Å². The first-order valence-electron chi connectivity index (χ1n) is 9.41. The molecule has 2 amide bonds.